The summed E-state index contributed by atoms with van der Waals surface area (Å²) >= 11 is 1.08. The van der Waals surface area contributed by atoms with E-state index in [0.29, 0.717) is 12.0 Å². The summed E-state index contributed by atoms with van der Waals surface area (Å²) in [4.78, 5) is 15.1. The Morgan fingerprint density at radius 3 is 2.50 bits per heavy atom. The molecule has 1 heterocycles. The molecule has 0 bridgehead atoms. The molecule has 4 nitrogen and oxygen atoms in total. The lowest BCUT2D eigenvalue weighted by Gasteiger charge is -2.22. The third kappa shape index (κ3) is 3.54. The van der Waals surface area contributed by atoms with Crippen LogP contribution < -0.4 is 0 Å². The summed E-state index contributed by atoms with van der Waals surface area (Å²) < 4.78 is 22.5. The van der Waals surface area contributed by atoms with Crippen molar-refractivity contribution in [3.8, 4) is 0 Å². The van der Waals surface area contributed by atoms with E-state index in [1.165, 1.54) is 18.9 Å². The second kappa shape index (κ2) is 5.31. The first kappa shape index (κ1) is 14.4. The van der Waals surface area contributed by atoms with Crippen LogP contribution in [-0.2, 0) is 20.3 Å². The Kier molecular flexibility index (Phi) is 3.81. The monoisotopic (exact) mass is 333 g/mol. The van der Waals surface area contributed by atoms with Crippen LogP contribution in [0.3, 0.4) is 0 Å². The average Bonchev–Trinajstić information content (AvgIpc) is 3.25. The first-order valence-corrected chi connectivity index (χ1v) is 9.89. The van der Waals surface area contributed by atoms with Crippen LogP contribution in [0.5, 0.6) is 0 Å². The van der Waals surface area contributed by atoms with Crippen LogP contribution in [0.1, 0.15) is 30.6 Å². The lowest BCUT2D eigenvalue weighted by atomic mass is 10.2. The van der Waals surface area contributed by atoms with E-state index in [4.69, 9.17) is 10.7 Å². The van der Waals surface area contributed by atoms with Gasteiger partial charge in [-0.15, -0.1) is 11.3 Å². The summed E-state index contributed by atoms with van der Waals surface area (Å²) in [6, 6.07) is 3.57. The van der Waals surface area contributed by atoms with Gasteiger partial charge in [0.15, 0.2) is 0 Å². The van der Waals surface area contributed by atoms with Gasteiger partial charge in [-0.25, -0.2) is 8.42 Å². The number of thiophene rings is 1. The van der Waals surface area contributed by atoms with Crippen molar-refractivity contribution in [2.24, 2.45) is 5.92 Å². The fraction of sp³-hybridized carbons (Fsp3) is 0.615. The van der Waals surface area contributed by atoms with Crippen molar-refractivity contribution in [2.75, 3.05) is 6.54 Å². The first-order chi connectivity index (χ1) is 9.43. The zero-order valence-corrected chi connectivity index (χ0v) is 13.3. The Bertz CT molecular complexity index is 617. The molecule has 110 valence electrons. The van der Waals surface area contributed by atoms with Gasteiger partial charge in [-0.05, 0) is 43.7 Å². The van der Waals surface area contributed by atoms with E-state index in [1.54, 1.807) is 6.07 Å². The number of halogens is 1. The maximum absolute atomic E-state index is 12.4. The third-order valence-electron chi connectivity index (χ3n) is 3.66. The summed E-state index contributed by atoms with van der Waals surface area (Å²) in [5, 5.41) is 0. The van der Waals surface area contributed by atoms with Crippen LogP contribution >= 0.6 is 22.0 Å². The Morgan fingerprint density at radius 1 is 1.30 bits per heavy atom. The Balaban J connectivity index is 1.66. The van der Waals surface area contributed by atoms with Gasteiger partial charge in [0.2, 0.25) is 5.91 Å². The third-order valence-corrected chi connectivity index (χ3v) is 6.84. The molecule has 2 aliphatic carbocycles. The molecule has 2 fully saturated rings. The normalized spacial score (nSPS) is 19.1. The molecule has 0 N–H and O–H groups in total. The zero-order chi connectivity index (χ0) is 14.3. The molecule has 0 saturated heterocycles. The van der Waals surface area contributed by atoms with E-state index in [1.807, 2.05) is 4.90 Å². The smallest absolute Gasteiger partial charge is 0.270 e. The van der Waals surface area contributed by atoms with Gasteiger partial charge in [0, 0.05) is 28.1 Å². The molecule has 0 atom stereocenters. The minimum absolute atomic E-state index is 0.111. The summed E-state index contributed by atoms with van der Waals surface area (Å²) in [5.74, 6) is 0.793. The zero-order valence-electron chi connectivity index (χ0n) is 10.9. The summed E-state index contributed by atoms with van der Waals surface area (Å²) in [5.41, 5.74) is 0. The van der Waals surface area contributed by atoms with Crippen LogP contribution in [0.15, 0.2) is 16.3 Å². The molecular weight excluding hydrogens is 318 g/mol. The van der Waals surface area contributed by atoms with E-state index < -0.39 is 9.05 Å². The lowest BCUT2D eigenvalue weighted by Crippen LogP contribution is -2.35. The van der Waals surface area contributed by atoms with Crippen molar-refractivity contribution in [3.05, 3.63) is 17.0 Å². The lowest BCUT2D eigenvalue weighted by molar-refractivity contribution is -0.131. The maximum atomic E-state index is 12.4. The van der Waals surface area contributed by atoms with Crippen molar-refractivity contribution in [3.63, 3.8) is 0 Å². The van der Waals surface area contributed by atoms with Crippen molar-refractivity contribution in [1.29, 1.82) is 0 Å². The number of hydrogen-bond acceptors (Lipinski definition) is 4. The van der Waals surface area contributed by atoms with Crippen molar-refractivity contribution < 1.29 is 13.2 Å². The van der Waals surface area contributed by atoms with Crippen LogP contribution in [0, 0.1) is 5.92 Å². The van der Waals surface area contributed by atoms with Gasteiger partial charge in [0.05, 0.1) is 6.42 Å². The van der Waals surface area contributed by atoms with Crippen LogP contribution in [0.25, 0.3) is 0 Å². The van der Waals surface area contributed by atoms with Gasteiger partial charge in [-0.1, -0.05) is 0 Å². The molecule has 7 heteroatoms. The Hall–Kier alpha value is -0.590. The molecule has 1 amide bonds. The van der Waals surface area contributed by atoms with Crippen molar-refractivity contribution in [1.82, 2.24) is 4.90 Å². The van der Waals surface area contributed by atoms with E-state index in [0.717, 1.165) is 35.6 Å². The molecule has 0 unspecified atom stereocenters. The topological polar surface area (TPSA) is 54.5 Å². The highest BCUT2D eigenvalue weighted by molar-refractivity contribution is 8.15. The number of carbonyl (C=O) groups excluding carboxylic acids is 1. The first-order valence-electron chi connectivity index (χ1n) is 6.76. The predicted molar refractivity (Wildman–Crippen MR) is 78.5 cm³/mol. The Labute approximate surface area is 127 Å². The molecule has 2 aliphatic rings. The highest BCUT2D eigenvalue weighted by atomic mass is 35.7. The van der Waals surface area contributed by atoms with E-state index in [2.05, 4.69) is 0 Å². The van der Waals surface area contributed by atoms with Gasteiger partial charge in [-0.3, -0.25) is 4.79 Å². The molecule has 0 aliphatic heterocycles. The molecular formula is C13H16ClNO3S2. The highest BCUT2D eigenvalue weighted by Gasteiger charge is 2.36. The second-order valence-electron chi connectivity index (χ2n) is 5.56. The number of nitrogens with zero attached hydrogens (tertiary/aromatic N) is 1. The molecule has 1 aromatic heterocycles. The number of amides is 1. The molecule has 0 aromatic carbocycles. The Morgan fingerprint density at radius 2 is 2.00 bits per heavy atom. The number of rotatable bonds is 6. The van der Waals surface area contributed by atoms with Crippen molar-refractivity contribution in [2.45, 2.75) is 42.4 Å². The van der Waals surface area contributed by atoms with Gasteiger partial charge < -0.3 is 4.90 Å². The second-order valence-corrected chi connectivity index (χ2v) is 9.52. The van der Waals surface area contributed by atoms with Crippen LogP contribution in [0.4, 0.5) is 0 Å². The van der Waals surface area contributed by atoms with E-state index in [9.17, 15) is 13.2 Å². The number of carbonyl (C=O) groups is 1. The molecule has 0 spiro atoms. The SMILES string of the molecule is O=C(Cc1ccc(S(=O)(=O)Cl)s1)N(CC1CC1)C1CC1. The minimum atomic E-state index is -3.69. The summed E-state index contributed by atoms with van der Waals surface area (Å²) in [6.45, 7) is 0.871. The standard InChI is InChI=1S/C13H16ClNO3S2/c14-20(17,18)13-6-5-11(19-13)7-12(16)15(10-3-4-10)8-9-1-2-9/h5-6,9-10H,1-4,7-8H2. The fourth-order valence-corrected chi connectivity index (χ4v) is 4.37. The summed E-state index contributed by atoms with van der Waals surface area (Å²) in [6.07, 6.45) is 4.93. The van der Waals surface area contributed by atoms with Gasteiger partial charge in [0.1, 0.15) is 4.21 Å². The van der Waals surface area contributed by atoms with E-state index >= 15 is 0 Å². The number of hydrogen-bond donors (Lipinski definition) is 0. The molecule has 2 saturated carbocycles. The predicted octanol–water partition coefficient (Wildman–Crippen LogP) is 2.62. The quantitative estimate of drug-likeness (QED) is 0.752. The summed E-state index contributed by atoms with van der Waals surface area (Å²) in [7, 11) is 1.61. The molecule has 1 aromatic rings. The van der Waals surface area contributed by atoms with Crippen LogP contribution in [0.2, 0.25) is 0 Å². The highest BCUT2D eigenvalue weighted by Crippen LogP contribution is 2.35. The van der Waals surface area contributed by atoms with E-state index in [-0.39, 0.29) is 16.5 Å². The average molecular weight is 334 g/mol. The fourth-order valence-electron chi connectivity index (χ4n) is 2.25. The van der Waals surface area contributed by atoms with Crippen molar-refractivity contribution >= 4 is 37.0 Å². The van der Waals surface area contributed by atoms with Gasteiger partial charge in [-0.2, -0.15) is 0 Å². The van der Waals surface area contributed by atoms with Gasteiger partial charge >= 0.3 is 0 Å². The minimum Gasteiger partial charge on any atom is -0.339 e. The maximum Gasteiger partial charge on any atom is 0.270 e. The van der Waals surface area contributed by atoms with Crippen LogP contribution in [-0.4, -0.2) is 31.8 Å². The molecule has 20 heavy (non-hydrogen) atoms. The van der Waals surface area contributed by atoms with Gasteiger partial charge in [0.25, 0.3) is 9.05 Å². The largest absolute Gasteiger partial charge is 0.339 e. The molecule has 3 rings (SSSR count). The molecule has 0 radical (unpaired) electrons.